The predicted molar refractivity (Wildman–Crippen MR) is 73.3 cm³/mol. The van der Waals surface area contributed by atoms with Crippen molar-refractivity contribution < 1.29 is 9.59 Å². The molecule has 0 spiro atoms. The quantitative estimate of drug-likeness (QED) is 0.918. The zero-order valence-electron chi connectivity index (χ0n) is 9.77. The number of nitrogens with zero attached hydrogens (tertiary/aromatic N) is 2. The van der Waals surface area contributed by atoms with Crippen LogP contribution in [0.4, 0.5) is 0 Å². The molecule has 1 aromatic rings. The summed E-state index contributed by atoms with van der Waals surface area (Å²) in [6.45, 7) is 0.478. The van der Waals surface area contributed by atoms with Gasteiger partial charge in [0.1, 0.15) is 5.71 Å². The molecule has 96 valence electrons. The van der Waals surface area contributed by atoms with Crippen LogP contribution in [0.25, 0.3) is 0 Å². The van der Waals surface area contributed by atoms with Crippen molar-refractivity contribution in [2.24, 2.45) is 5.10 Å². The van der Waals surface area contributed by atoms with Gasteiger partial charge in [0.15, 0.2) is 0 Å². The molecule has 0 saturated heterocycles. The topological polar surface area (TPSA) is 61.8 Å². The van der Waals surface area contributed by atoms with Gasteiger partial charge in [-0.15, -0.1) is 11.3 Å². The first-order valence-corrected chi connectivity index (χ1v) is 7.08. The van der Waals surface area contributed by atoms with Gasteiger partial charge in [-0.2, -0.15) is 5.10 Å². The van der Waals surface area contributed by atoms with Gasteiger partial charge in [-0.1, -0.05) is 0 Å². The molecule has 2 rings (SSSR count). The van der Waals surface area contributed by atoms with Crippen LogP contribution in [-0.2, 0) is 16.1 Å². The summed E-state index contributed by atoms with van der Waals surface area (Å²) in [5, 5.41) is 9.95. The Hall–Kier alpha value is -1.21. The van der Waals surface area contributed by atoms with Crippen molar-refractivity contribution in [2.75, 3.05) is 7.05 Å². The van der Waals surface area contributed by atoms with Gasteiger partial charge in [0.25, 0.3) is 5.91 Å². The maximum Gasteiger partial charge on any atom is 0.267 e. The van der Waals surface area contributed by atoms with Gasteiger partial charge >= 0.3 is 0 Å². The summed E-state index contributed by atoms with van der Waals surface area (Å²) in [7, 11) is 1.56. The lowest BCUT2D eigenvalue weighted by molar-refractivity contribution is -0.130. The number of hydrogen-bond donors (Lipinski definition) is 1. The molecule has 0 radical (unpaired) electrons. The van der Waals surface area contributed by atoms with E-state index in [2.05, 4.69) is 26.3 Å². The maximum atomic E-state index is 11.8. The van der Waals surface area contributed by atoms with E-state index in [-0.39, 0.29) is 11.8 Å². The Morgan fingerprint density at radius 2 is 2.39 bits per heavy atom. The molecule has 0 fully saturated rings. The van der Waals surface area contributed by atoms with Crippen LogP contribution in [0.1, 0.15) is 17.7 Å². The minimum atomic E-state index is -0.209. The third-order valence-electron chi connectivity index (χ3n) is 2.51. The molecule has 0 saturated carbocycles. The van der Waals surface area contributed by atoms with E-state index >= 15 is 0 Å². The van der Waals surface area contributed by atoms with Gasteiger partial charge in [0, 0.05) is 34.6 Å². The third-order valence-corrected chi connectivity index (χ3v) is 4.21. The van der Waals surface area contributed by atoms with E-state index in [9.17, 15) is 9.59 Å². The lowest BCUT2D eigenvalue weighted by Crippen LogP contribution is -2.37. The fourth-order valence-corrected chi connectivity index (χ4v) is 2.94. The van der Waals surface area contributed by atoms with E-state index in [1.165, 1.54) is 5.01 Å². The van der Waals surface area contributed by atoms with Gasteiger partial charge in [0.05, 0.1) is 6.54 Å². The van der Waals surface area contributed by atoms with Crippen molar-refractivity contribution in [3.63, 3.8) is 0 Å². The molecule has 1 aliphatic heterocycles. The molecular weight excluding hydrogens is 318 g/mol. The molecule has 7 heteroatoms. The molecule has 0 bridgehead atoms. The van der Waals surface area contributed by atoms with Crippen molar-refractivity contribution >= 4 is 44.8 Å². The maximum absolute atomic E-state index is 11.8. The van der Waals surface area contributed by atoms with Gasteiger partial charge in [-0.3, -0.25) is 9.59 Å². The first-order chi connectivity index (χ1) is 8.56. The number of carbonyl (C=O) groups is 2. The SMILES string of the molecule is CN1N=C(C(=O)NCc2cc(Br)cs2)CCC1=O. The van der Waals surface area contributed by atoms with Gasteiger partial charge in [-0.25, -0.2) is 5.01 Å². The van der Waals surface area contributed by atoms with Crippen molar-refractivity contribution in [1.82, 2.24) is 10.3 Å². The van der Waals surface area contributed by atoms with Crippen LogP contribution < -0.4 is 5.32 Å². The molecule has 2 amide bonds. The first kappa shape index (κ1) is 13.2. The van der Waals surface area contributed by atoms with Gasteiger partial charge in [-0.05, 0) is 22.0 Å². The highest BCUT2D eigenvalue weighted by molar-refractivity contribution is 9.10. The van der Waals surface area contributed by atoms with Crippen molar-refractivity contribution in [3.8, 4) is 0 Å². The summed E-state index contributed by atoms with van der Waals surface area (Å²) in [6, 6.07) is 1.96. The average molecular weight is 330 g/mol. The second-order valence-electron chi connectivity index (χ2n) is 3.88. The molecule has 0 aromatic carbocycles. The number of amides is 2. The molecule has 0 atom stereocenters. The van der Waals surface area contributed by atoms with E-state index < -0.39 is 0 Å². The molecule has 0 unspecified atom stereocenters. The summed E-state index contributed by atoms with van der Waals surface area (Å²) < 4.78 is 1.01. The Bertz CT molecular complexity index is 512. The van der Waals surface area contributed by atoms with E-state index in [0.29, 0.717) is 25.1 Å². The van der Waals surface area contributed by atoms with E-state index in [0.717, 1.165) is 9.35 Å². The molecule has 1 aromatic heterocycles. The van der Waals surface area contributed by atoms with Gasteiger partial charge in [0.2, 0.25) is 5.91 Å². The van der Waals surface area contributed by atoms with Gasteiger partial charge < -0.3 is 5.32 Å². The zero-order chi connectivity index (χ0) is 13.1. The summed E-state index contributed by atoms with van der Waals surface area (Å²) in [5.41, 5.74) is 0.410. The number of carbonyl (C=O) groups excluding carboxylic acids is 2. The average Bonchev–Trinajstić information content (AvgIpc) is 2.75. The summed E-state index contributed by atoms with van der Waals surface area (Å²) >= 11 is 4.93. The smallest absolute Gasteiger partial charge is 0.267 e. The largest absolute Gasteiger partial charge is 0.346 e. The van der Waals surface area contributed by atoms with Crippen molar-refractivity contribution in [1.29, 1.82) is 0 Å². The van der Waals surface area contributed by atoms with Crippen LogP contribution in [0.15, 0.2) is 21.0 Å². The summed E-state index contributed by atoms with van der Waals surface area (Å²) in [5.74, 6) is -0.271. The third kappa shape index (κ3) is 3.17. The normalized spacial score (nSPS) is 15.6. The van der Waals surface area contributed by atoms with Crippen LogP contribution in [0, 0.1) is 0 Å². The Morgan fingerprint density at radius 3 is 3.00 bits per heavy atom. The van der Waals surface area contributed by atoms with Crippen LogP contribution in [0.3, 0.4) is 0 Å². The number of nitrogens with one attached hydrogen (secondary N) is 1. The van der Waals surface area contributed by atoms with Crippen LogP contribution in [-0.4, -0.2) is 29.6 Å². The molecule has 1 aliphatic rings. The number of thiophene rings is 1. The van der Waals surface area contributed by atoms with E-state index in [1.54, 1.807) is 18.4 Å². The van der Waals surface area contributed by atoms with Crippen molar-refractivity contribution in [2.45, 2.75) is 19.4 Å². The summed E-state index contributed by atoms with van der Waals surface area (Å²) in [6.07, 6.45) is 0.746. The number of rotatable bonds is 3. The second-order valence-corrected chi connectivity index (χ2v) is 5.79. The highest BCUT2D eigenvalue weighted by Crippen LogP contribution is 2.19. The molecule has 18 heavy (non-hydrogen) atoms. The molecule has 0 aliphatic carbocycles. The van der Waals surface area contributed by atoms with E-state index in [4.69, 9.17) is 0 Å². The Labute approximate surface area is 117 Å². The second kappa shape index (κ2) is 5.62. The van der Waals surface area contributed by atoms with E-state index in [1.807, 2.05) is 11.4 Å². The lowest BCUT2D eigenvalue weighted by Gasteiger charge is -2.18. The summed E-state index contributed by atoms with van der Waals surface area (Å²) in [4.78, 5) is 24.1. The number of halogens is 1. The molecular formula is C11H12BrN3O2S. The highest BCUT2D eigenvalue weighted by Gasteiger charge is 2.21. The Balaban J connectivity index is 1.92. The first-order valence-electron chi connectivity index (χ1n) is 5.41. The zero-order valence-corrected chi connectivity index (χ0v) is 12.2. The van der Waals surface area contributed by atoms with Crippen molar-refractivity contribution in [3.05, 3.63) is 20.8 Å². The van der Waals surface area contributed by atoms with Crippen LogP contribution >= 0.6 is 27.3 Å². The minimum Gasteiger partial charge on any atom is -0.346 e. The lowest BCUT2D eigenvalue weighted by atomic mass is 10.1. The van der Waals surface area contributed by atoms with Crippen LogP contribution in [0.5, 0.6) is 0 Å². The standard InChI is InChI=1S/C11H12BrN3O2S/c1-15-10(16)3-2-9(14-15)11(17)13-5-8-4-7(12)6-18-8/h4,6H,2-3,5H2,1H3,(H,13,17). The Morgan fingerprint density at radius 1 is 1.61 bits per heavy atom. The minimum absolute atomic E-state index is 0.0614. The Kier molecular flexibility index (Phi) is 4.13. The number of hydrogen-bond acceptors (Lipinski definition) is 4. The molecule has 5 nitrogen and oxygen atoms in total. The fourth-order valence-electron chi connectivity index (χ4n) is 1.55. The monoisotopic (exact) mass is 329 g/mol. The fraction of sp³-hybridized carbons (Fsp3) is 0.364. The molecule has 2 heterocycles. The number of hydrazone groups is 1. The van der Waals surface area contributed by atoms with Crippen LogP contribution in [0.2, 0.25) is 0 Å². The molecule has 1 N–H and O–H groups in total. The highest BCUT2D eigenvalue weighted by atomic mass is 79.9. The predicted octanol–water partition coefficient (Wildman–Crippen LogP) is 1.73.